The number of aromatic nitrogens is 2. The van der Waals surface area contributed by atoms with E-state index in [0.717, 1.165) is 4.90 Å². The Morgan fingerprint density at radius 3 is 1.95 bits per heavy atom. The summed E-state index contributed by atoms with van der Waals surface area (Å²) < 4.78 is 136. The Hall–Kier alpha value is -3.93. The summed E-state index contributed by atoms with van der Waals surface area (Å²) in [6, 6.07) is -3.86. The highest BCUT2D eigenvalue weighted by atomic mass is 19.4. The lowest BCUT2D eigenvalue weighted by atomic mass is 10.1. The third kappa shape index (κ3) is 5.27. The van der Waals surface area contributed by atoms with Crippen molar-refractivity contribution in [2.24, 2.45) is 0 Å². The number of amides is 1. The summed E-state index contributed by atoms with van der Waals surface area (Å²) in [4.78, 5) is 30.2. The molecule has 8 nitrogen and oxygen atoms in total. The van der Waals surface area contributed by atoms with Crippen LogP contribution in [0.5, 0.6) is 0 Å². The first-order valence-corrected chi connectivity index (χ1v) is 10.9. The van der Waals surface area contributed by atoms with Crippen LogP contribution < -0.4 is 15.6 Å². The van der Waals surface area contributed by atoms with Crippen LogP contribution in [-0.2, 0) is 0 Å². The van der Waals surface area contributed by atoms with Crippen molar-refractivity contribution in [3.8, 4) is 5.69 Å². The molecule has 1 fully saturated rings. The molecule has 1 aliphatic rings. The molecule has 3 heterocycles. The van der Waals surface area contributed by atoms with E-state index in [2.05, 4.69) is 4.98 Å². The van der Waals surface area contributed by atoms with Crippen molar-refractivity contribution in [2.75, 3.05) is 18.0 Å². The molecule has 1 saturated heterocycles. The van der Waals surface area contributed by atoms with Crippen molar-refractivity contribution in [3.05, 3.63) is 63.5 Å². The van der Waals surface area contributed by atoms with Gasteiger partial charge in [-0.15, -0.1) is 0 Å². The molecule has 2 aromatic heterocycles. The van der Waals surface area contributed by atoms with Gasteiger partial charge in [0.1, 0.15) is 17.1 Å². The normalized spacial score (nSPS) is 18.2. The van der Waals surface area contributed by atoms with Gasteiger partial charge in [0.05, 0.1) is 17.6 Å². The molecule has 18 heteroatoms. The van der Waals surface area contributed by atoms with Crippen molar-refractivity contribution in [2.45, 2.75) is 30.6 Å². The van der Waals surface area contributed by atoms with E-state index in [1.165, 1.54) is 0 Å². The van der Waals surface area contributed by atoms with Gasteiger partial charge in [-0.05, 0) is 6.07 Å². The van der Waals surface area contributed by atoms with Crippen molar-refractivity contribution >= 4 is 22.8 Å². The Bertz CT molecular complexity index is 1510. The van der Waals surface area contributed by atoms with Gasteiger partial charge in [0.15, 0.2) is 28.9 Å². The zero-order valence-electron chi connectivity index (χ0n) is 19.3. The highest BCUT2D eigenvalue weighted by Gasteiger charge is 2.57. The number of aliphatic hydroxyl groups excluding tert-OH is 2. The number of hydrogen-bond donors (Lipinski definition) is 3. The lowest BCUT2D eigenvalue weighted by Gasteiger charge is -2.24. The average Bonchev–Trinajstić information content (AvgIpc) is 3.14. The summed E-state index contributed by atoms with van der Waals surface area (Å²) in [6.07, 6.45) is -14.8. The van der Waals surface area contributed by atoms with E-state index in [9.17, 15) is 63.7 Å². The number of nitrogens with zero attached hydrogens (tertiary/aromatic N) is 3. The van der Waals surface area contributed by atoms with Gasteiger partial charge >= 0.3 is 12.4 Å². The number of alkyl halides is 6. The predicted molar refractivity (Wildman–Crippen MR) is 115 cm³/mol. The molecular weight excluding hydrogens is 574 g/mol. The molecule has 0 saturated carbocycles. The van der Waals surface area contributed by atoms with Gasteiger partial charge in [-0.2, -0.15) is 26.3 Å². The Kier molecular flexibility index (Phi) is 7.21. The third-order valence-corrected chi connectivity index (χ3v) is 5.87. The Labute approximate surface area is 215 Å². The van der Waals surface area contributed by atoms with Crippen molar-refractivity contribution in [1.82, 2.24) is 14.9 Å². The van der Waals surface area contributed by atoms with Gasteiger partial charge in [0.2, 0.25) is 11.5 Å². The molecule has 1 aliphatic heterocycles. The minimum Gasteiger partial charge on any atom is -0.389 e. The summed E-state index contributed by atoms with van der Waals surface area (Å²) >= 11 is 0. The van der Waals surface area contributed by atoms with Gasteiger partial charge in [-0.1, -0.05) is 0 Å². The number of rotatable bonds is 4. The second kappa shape index (κ2) is 9.92. The number of benzene rings is 1. The van der Waals surface area contributed by atoms with Crippen molar-refractivity contribution in [1.29, 1.82) is 0 Å². The minimum atomic E-state index is -6.08. The zero-order valence-corrected chi connectivity index (χ0v) is 19.3. The predicted octanol–water partition coefficient (Wildman–Crippen LogP) is 2.71. The second-order valence-corrected chi connectivity index (χ2v) is 8.65. The summed E-state index contributed by atoms with van der Waals surface area (Å²) in [6.45, 7) is -0.812. The Morgan fingerprint density at radius 1 is 0.925 bits per heavy atom. The number of nitrogens with one attached hydrogen (secondary N) is 1. The van der Waals surface area contributed by atoms with Crippen LogP contribution in [0.4, 0.5) is 49.7 Å². The summed E-state index contributed by atoms with van der Waals surface area (Å²) in [7, 11) is 0. The van der Waals surface area contributed by atoms with Crippen LogP contribution in [0.1, 0.15) is 10.4 Å². The Morgan fingerprint density at radius 2 is 1.45 bits per heavy atom. The van der Waals surface area contributed by atoms with Crippen LogP contribution in [0.2, 0.25) is 0 Å². The number of anilines is 1. The smallest absolute Gasteiger partial charge is 0.389 e. The SMILES string of the molecule is O=C(NC(C(F)(F)F)C(F)(F)F)c1cn(-c2c(F)cc(F)cc2F)c2nc(N3C[C@@H](O)[C@H](O)C3)c(F)cc2c1=O. The number of carbonyl (C=O) groups is 1. The van der Waals surface area contributed by atoms with Crippen molar-refractivity contribution < 1.29 is 58.9 Å². The molecule has 216 valence electrons. The second-order valence-electron chi connectivity index (χ2n) is 8.65. The molecule has 2 atom stereocenters. The number of carbonyl (C=O) groups excluding carboxylic acids is 1. The van der Waals surface area contributed by atoms with Gasteiger partial charge in [0.25, 0.3) is 5.91 Å². The molecule has 3 N–H and O–H groups in total. The quantitative estimate of drug-likeness (QED) is 0.405. The molecule has 1 aromatic carbocycles. The Balaban J connectivity index is 1.99. The minimum absolute atomic E-state index is 0.128. The summed E-state index contributed by atoms with van der Waals surface area (Å²) in [5.41, 5.74) is -5.35. The van der Waals surface area contributed by atoms with Crippen LogP contribution in [-0.4, -0.2) is 69.4 Å². The standard InChI is InChI=1S/C22H14F10N4O4/c23-7-1-10(24)15(11(25)2-7)36-4-9(19(40)34-20(21(27,28)29)22(30,31)32)16(39)8-3-12(26)18(33-17(8)36)35-5-13(37)14(38)6-35/h1-4,13-14,20,37-38H,5-6H2,(H,34,40)/t13-,14-/m1/s1. The molecule has 0 bridgehead atoms. The number of fused-ring (bicyclic) bond motifs is 1. The number of β-amino-alcohol motifs (C(OH)–C–C–N with tert-alkyl or cyclic N) is 2. The van der Waals surface area contributed by atoms with Gasteiger partial charge in [-0.3, -0.25) is 14.2 Å². The molecule has 4 rings (SSSR count). The fourth-order valence-corrected chi connectivity index (χ4v) is 4.03. The van der Waals surface area contributed by atoms with E-state index in [-0.39, 0.29) is 22.9 Å². The van der Waals surface area contributed by atoms with Crippen LogP contribution in [0.15, 0.2) is 29.2 Å². The van der Waals surface area contributed by atoms with Gasteiger partial charge in [-0.25, -0.2) is 22.5 Å². The fourth-order valence-electron chi connectivity index (χ4n) is 4.03. The topological polar surface area (TPSA) is 108 Å². The van der Waals surface area contributed by atoms with E-state index in [1.54, 1.807) is 0 Å². The number of halogens is 10. The third-order valence-electron chi connectivity index (χ3n) is 5.87. The van der Waals surface area contributed by atoms with Gasteiger partial charge in [0, 0.05) is 31.4 Å². The van der Waals surface area contributed by atoms with Crippen molar-refractivity contribution in [3.63, 3.8) is 0 Å². The van der Waals surface area contributed by atoms with Crippen LogP contribution in [0, 0.1) is 23.3 Å². The largest absolute Gasteiger partial charge is 0.417 e. The highest BCUT2D eigenvalue weighted by molar-refractivity contribution is 5.97. The summed E-state index contributed by atoms with van der Waals surface area (Å²) in [5, 5.41) is 19.1. The molecule has 40 heavy (non-hydrogen) atoms. The molecule has 3 aromatic rings. The van der Waals surface area contributed by atoms with E-state index in [4.69, 9.17) is 0 Å². The first kappa shape index (κ1) is 29.1. The number of hydrogen-bond acceptors (Lipinski definition) is 6. The average molecular weight is 588 g/mol. The van der Waals surface area contributed by atoms with E-state index >= 15 is 0 Å². The highest BCUT2D eigenvalue weighted by Crippen LogP contribution is 2.34. The molecule has 0 spiro atoms. The molecular formula is C22H14F10N4O4. The van der Waals surface area contributed by atoms with Crippen LogP contribution >= 0.6 is 0 Å². The fraction of sp³-hybridized carbons (Fsp3) is 0.318. The monoisotopic (exact) mass is 588 g/mol. The first-order valence-electron chi connectivity index (χ1n) is 10.9. The zero-order chi connectivity index (χ0) is 29.9. The summed E-state index contributed by atoms with van der Waals surface area (Å²) in [5.74, 6) is -9.23. The lowest BCUT2D eigenvalue weighted by molar-refractivity contribution is -0.255. The van der Waals surface area contributed by atoms with Gasteiger partial charge < -0.3 is 20.4 Å². The lowest BCUT2D eigenvalue weighted by Crippen LogP contribution is -2.55. The molecule has 0 radical (unpaired) electrons. The molecule has 1 amide bonds. The first-order chi connectivity index (χ1) is 18.4. The number of aliphatic hydroxyl groups is 2. The van der Waals surface area contributed by atoms with E-state index in [0.29, 0.717) is 11.4 Å². The van der Waals surface area contributed by atoms with E-state index in [1.807, 2.05) is 0 Å². The maximum absolute atomic E-state index is 15.0. The molecule has 0 aliphatic carbocycles. The maximum atomic E-state index is 15.0. The molecule has 0 unspecified atom stereocenters. The van der Waals surface area contributed by atoms with Crippen LogP contribution in [0.3, 0.4) is 0 Å². The number of pyridine rings is 2. The van der Waals surface area contributed by atoms with E-state index < -0.39 is 106 Å². The maximum Gasteiger partial charge on any atom is 0.417 e. The van der Waals surface area contributed by atoms with Crippen LogP contribution in [0.25, 0.3) is 16.7 Å².